The van der Waals surface area contributed by atoms with Gasteiger partial charge < -0.3 is 5.32 Å². The topological polar surface area (TPSA) is 42.7 Å². The van der Waals surface area contributed by atoms with Crippen LogP contribution >= 0.6 is 15.9 Å². The summed E-state index contributed by atoms with van der Waals surface area (Å²) in [6.45, 7) is 2.17. The van der Waals surface area contributed by atoms with Crippen LogP contribution in [0.3, 0.4) is 0 Å². The molecule has 1 aliphatic heterocycles. The Morgan fingerprint density at radius 1 is 1.08 bits per heavy atom. The molecule has 4 nitrogen and oxygen atoms in total. The van der Waals surface area contributed by atoms with Gasteiger partial charge in [0.2, 0.25) is 5.95 Å². The van der Waals surface area contributed by atoms with Gasteiger partial charge in [0.1, 0.15) is 12.4 Å². The standard InChI is InChI=1S/C19H17BrN4/c1-2-13-3-5-15(6-4-13)18-11-17(14-7-9-16(20)10-8-14)23-19-21-12-22-24(18)19/h3-12,18H,2H2,1H3,(H,21,22,23)/t18-/m0/s1. The van der Waals surface area contributed by atoms with Crippen LogP contribution in [-0.4, -0.2) is 14.8 Å². The van der Waals surface area contributed by atoms with Crippen LogP contribution in [0, 0.1) is 0 Å². The van der Waals surface area contributed by atoms with Gasteiger partial charge >= 0.3 is 0 Å². The van der Waals surface area contributed by atoms with E-state index in [1.165, 1.54) is 11.1 Å². The number of hydrogen-bond acceptors (Lipinski definition) is 3. The molecule has 0 fully saturated rings. The molecule has 3 aromatic rings. The Morgan fingerprint density at radius 2 is 1.83 bits per heavy atom. The van der Waals surface area contributed by atoms with E-state index in [-0.39, 0.29) is 6.04 Å². The van der Waals surface area contributed by atoms with Crippen LogP contribution in [0.4, 0.5) is 5.95 Å². The van der Waals surface area contributed by atoms with Crippen LogP contribution in [0.1, 0.15) is 29.7 Å². The summed E-state index contributed by atoms with van der Waals surface area (Å²) in [4.78, 5) is 4.35. The minimum Gasteiger partial charge on any atom is -0.324 e. The fourth-order valence-electron chi connectivity index (χ4n) is 2.92. The molecule has 0 aliphatic carbocycles. The molecule has 0 amide bonds. The van der Waals surface area contributed by atoms with Crippen molar-refractivity contribution in [2.45, 2.75) is 19.4 Å². The van der Waals surface area contributed by atoms with E-state index in [1.54, 1.807) is 6.33 Å². The number of hydrogen-bond donors (Lipinski definition) is 1. The second-order valence-electron chi connectivity index (χ2n) is 5.78. The maximum absolute atomic E-state index is 4.39. The predicted octanol–water partition coefficient (Wildman–Crippen LogP) is 4.66. The zero-order valence-corrected chi connectivity index (χ0v) is 14.9. The number of fused-ring (bicyclic) bond motifs is 1. The van der Waals surface area contributed by atoms with E-state index in [1.807, 2.05) is 16.8 Å². The maximum atomic E-state index is 4.39. The lowest BCUT2D eigenvalue weighted by Gasteiger charge is -2.24. The summed E-state index contributed by atoms with van der Waals surface area (Å²) in [6.07, 6.45) is 4.83. The molecule has 0 saturated heterocycles. The Morgan fingerprint density at radius 3 is 2.54 bits per heavy atom. The van der Waals surface area contributed by atoms with Gasteiger partial charge in [-0.05, 0) is 41.3 Å². The van der Waals surface area contributed by atoms with Crippen LogP contribution < -0.4 is 5.32 Å². The van der Waals surface area contributed by atoms with E-state index in [0.717, 1.165) is 28.1 Å². The van der Waals surface area contributed by atoms with Gasteiger partial charge in [0, 0.05) is 10.2 Å². The summed E-state index contributed by atoms with van der Waals surface area (Å²) in [6, 6.07) is 17.0. The molecule has 0 spiro atoms. The third-order valence-corrected chi connectivity index (χ3v) is 4.82. The number of aromatic nitrogens is 3. The molecule has 0 radical (unpaired) electrons. The summed E-state index contributed by atoms with van der Waals surface area (Å²) in [7, 11) is 0. The molecule has 120 valence electrons. The lowest BCUT2D eigenvalue weighted by molar-refractivity contribution is 0.611. The Bertz CT molecular complexity index is 878. The average molecular weight is 381 g/mol. The minimum atomic E-state index is 0.0355. The molecule has 0 bridgehead atoms. The highest BCUT2D eigenvalue weighted by atomic mass is 79.9. The van der Waals surface area contributed by atoms with Gasteiger partial charge in [-0.2, -0.15) is 10.1 Å². The number of allylic oxidation sites excluding steroid dienone is 1. The van der Waals surface area contributed by atoms with E-state index in [2.05, 4.69) is 80.7 Å². The van der Waals surface area contributed by atoms with Crippen molar-refractivity contribution in [3.05, 3.63) is 82.1 Å². The monoisotopic (exact) mass is 380 g/mol. The van der Waals surface area contributed by atoms with Gasteiger partial charge in [0.25, 0.3) is 0 Å². The molecule has 2 heterocycles. The van der Waals surface area contributed by atoms with Crippen molar-refractivity contribution in [1.82, 2.24) is 14.8 Å². The van der Waals surface area contributed by atoms with Crippen molar-refractivity contribution >= 4 is 27.6 Å². The van der Waals surface area contributed by atoms with E-state index < -0.39 is 0 Å². The number of nitrogens with one attached hydrogen (secondary N) is 1. The second kappa shape index (κ2) is 6.24. The Hall–Kier alpha value is -2.40. The summed E-state index contributed by atoms with van der Waals surface area (Å²) >= 11 is 3.48. The first-order chi connectivity index (χ1) is 11.7. The van der Waals surface area contributed by atoms with Crippen LogP contribution in [0.25, 0.3) is 5.70 Å². The van der Waals surface area contributed by atoms with E-state index in [9.17, 15) is 0 Å². The quantitative estimate of drug-likeness (QED) is 0.718. The Labute approximate surface area is 149 Å². The molecule has 1 aromatic heterocycles. The molecular weight excluding hydrogens is 364 g/mol. The first-order valence-corrected chi connectivity index (χ1v) is 8.77. The predicted molar refractivity (Wildman–Crippen MR) is 99.7 cm³/mol. The Kier molecular flexibility index (Phi) is 3.94. The maximum Gasteiger partial charge on any atom is 0.226 e. The van der Waals surface area contributed by atoms with Crippen molar-refractivity contribution in [1.29, 1.82) is 0 Å². The van der Waals surface area contributed by atoms with Crippen molar-refractivity contribution in [3.8, 4) is 0 Å². The van der Waals surface area contributed by atoms with Crippen molar-refractivity contribution < 1.29 is 0 Å². The van der Waals surface area contributed by atoms with Crippen LogP contribution in [-0.2, 0) is 6.42 Å². The number of anilines is 1. The molecule has 2 aromatic carbocycles. The highest BCUT2D eigenvalue weighted by Gasteiger charge is 2.23. The summed E-state index contributed by atoms with van der Waals surface area (Å²) < 4.78 is 2.99. The van der Waals surface area contributed by atoms with Crippen LogP contribution in [0.2, 0.25) is 0 Å². The van der Waals surface area contributed by atoms with Gasteiger partial charge in [-0.15, -0.1) is 0 Å². The lowest BCUT2D eigenvalue weighted by atomic mass is 10.00. The number of rotatable bonds is 3. The lowest BCUT2D eigenvalue weighted by Crippen LogP contribution is -2.20. The molecule has 5 heteroatoms. The largest absolute Gasteiger partial charge is 0.324 e. The number of nitrogens with zero attached hydrogens (tertiary/aromatic N) is 3. The summed E-state index contributed by atoms with van der Waals surface area (Å²) in [5.41, 5.74) is 4.72. The SMILES string of the molecule is CCc1ccc([C@@H]2C=C(c3ccc(Br)cc3)Nc3ncnn32)cc1. The highest BCUT2D eigenvalue weighted by molar-refractivity contribution is 9.10. The molecule has 24 heavy (non-hydrogen) atoms. The molecule has 4 rings (SSSR count). The number of benzene rings is 2. The molecule has 1 N–H and O–H groups in total. The van der Waals surface area contributed by atoms with Crippen LogP contribution in [0.15, 0.2) is 65.4 Å². The Balaban J connectivity index is 1.77. The molecule has 0 saturated carbocycles. The highest BCUT2D eigenvalue weighted by Crippen LogP contribution is 2.32. The minimum absolute atomic E-state index is 0.0355. The zero-order chi connectivity index (χ0) is 16.5. The molecule has 1 atom stereocenters. The van der Waals surface area contributed by atoms with E-state index in [0.29, 0.717) is 0 Å². The smallest absolute Gasteiger partial charge is 0.226 e. The number of halogens is 1. The first kappa shape index (κ1) is 15.1. The first-order valence-electron chi connectivity index (χ1n) is 7.97. The second-order valence-corrected chi connectivity index (χ2v) is 6.70. The zero-order valence-electron chi connectivity index (χ0n) is 13.3. The van der Waals surface area contributed by atoms with Crippen molar-refractivity contribution in [2.24, 2.45) is 0 Å². The number of aryl methyl sites for hydroxylation is 1. The van der Waals surface area contributed by atoms with Crippen molar-refractivity contribution in [2.75, 3.05) is 5.32 Å². The van der Waals surface area contributed by atoms with Gasteiger partial charge in [-0.25, -0.2) is 4.68 Å². The molecular formula is C19H17BrN4. The van der Waals surface area contributed by atoms with Crippen molar-refractivity contribution in [3.63, 3.8) is 0 Å². The fourth-order valence-corrected chi connectivity index (χ4v) is 3.18. The van der Waals surface area contributed by atoms with E-state index >= 15 is 0 Å². The van der Waals surface area contributed by atoms with Gasteiger partial charge in [-0.1, -0.05) is 59.3 Å². The molecule has 0 unspecified atom stereocenters. The molecule has 1 aliphatic rings. The van der Waals surface area contributed by atoms with Crippen LogP contribution in [0.5, 0.6) is 0 Å². The third-order valence-electron chi connectivity index (χ3n) is 4.29. The van der Waals surface area contributed by atoms with E-state index in [4.69, 9.17) is 0 Å². The van der Waals surface area contributed by atoms with Gasteiger partial charge in [0.05, 0.1) is 0 Å². The summed E-state index contributed by atoms with van der Waals surface area (Å²) in [5.74, 6) is 0.764. The average Bonchev–Trinajstić information content (AvgIpc) is 3.10. The summed E-state index contributed by atoms with van der Waals surface area (Å²) in [5, 5.41) is 7.76. The fraction of sp³-hybridized carbons (Fsp3) is 0.158. The normalized spacial score (nSPS) is 16.2. The van der Waals surface area contributed by atoms with Gasteiger partial charge in [-0.3, -0.25) is 0 Å². The van der Waals surface area contributed by atoms with Gasteiger partial charge in [0.15, 0.2) is 0 Å². The third kappa shape index (κ3) is 2.76.